The zero-order chi connectivity index (χ0) is 21.9. The molecule has 0 saturated heterocycles. The van der Waals surface area contributed by atoms with Crippen LogP contribution in [0.4, 0.5) is 4.39 Å². The molecule has 0 amide bonds. The Bertz CT molecular complexity index is 1470. The lowest BCUT2D eigenvalue weighted by Crippen LogP contribution is -2.11. The number of fused-ring (bicyclic) bond motifs is 1. The van der Waals surface area contributed by atoms with Gasteiger partial charge >= 0.3 is 0 Å². The minimum absolute atomic E-state index is 0.198. The minimum atomic E-state index is -0.449. The van der Waals surface area contributed by atoms with Crippen molar-refractivity contribution < 1.29 is 8.81 Å². The molecule has 0 aliphatic carbocycles. The lowest BCUT2D eigenvalue weighted by Gasteiger charge is -2.14. The second-order valence-corrected chi connectivity index (χ2v) is 7.48. The first-order valence-electron chi connectivity index (χ1n) is 10.3. The van der Waals surface area contributed by atoms with Crippen molar-refractivity contribution in [1.82, 2.24) is 0 Å². The number of hydrogen-bond acceptors (Lipinski definition) is 2. The molecule has 0 fully saturated rings. The van der Waals surface area contributed by atoms with Gasteiger partial charge in [0.2, 0.25) is 5.43 Å². The van der Waals surface area contributed by atoms with Gasteiger partial charge in [-0.05, 0) is 34.9 Å². The first-order chi connectivity index (χ1) is 15.7. The molecule has 0 N–H and O–H groups in total. The summed E-state index contributed by atoms with van der Waals surface area (Å²) in [6.07, 6.45) is 1.99. The van der Waals surface area contributed by atoms with Gasteiger partial charge in [-0.1, -0.05) is 91.0 Å². The highest BCUT2D eigenvalue weighted by molar-refractivity contribution is 5.98. The van der Waals surface area contributed by atoms with Gasteiger partial charge in [-0.2, -0.15) is 0 Å². The van der Waals surface area contributed by atoms with Gasteiger partial charge in [-0.3, -0.25) is 4.79 Å². The number of hydrogen-bond donors (Lipinski definition) is 0. The molecule has 3 heteroatoms. The van der Waals surface area contributed by atoms with E-state index in [9.17, 15) is 9.18 Å². The summed E-state index contributed by atoms with van der Waals surface area (Å²) in [5.41, 5.74) is 3.83. The molecule has 0 atom stereocenters. The third-order valence-corrected chi connectivity index (χ3v) is 5.36. The monoisotopic (exact) mass is 418 g/mol. The standard InChI is InChI=1S/C29H19FO2/c30-23-16-17-24-26(19-23)32-29(22-14-8-3-9-15-22)27(28(24)31)25(21-12-6-2-7-13-21)18-20-10-4-1-5-11-20/h1-19H/b25-18+. The van der Waals surface area contributed by atoms with Crippen LogP contribution in [0.2, 0.25) is 0 Å². The fourth-order valence-electron chi connectivity index (χ4n) is 3.84. The molecule has 0 bridgehead atoms. The van der Waals surface area contributed by atoms with Gasteiger partial charge in [0.05, 0.1) is 10.9 Å². The van der Waals surface area contributed by atoms with E-state index in [0.717, 1.165) is 22.3 Å². The van der Waals surface area contributed by atoms with E-state index >= 15 is 0 Å². The van der Waals surface area contributed by atoms with Crippen LogP contribution in [0.1, 0.15) is 16.7 Å². The Morgan fingerprint density at radius 1 is 0.750 bits per heavy atom. The van der Waals surface area contributed by atoms with E-state index in [0.29, 0.717) is 16.7 Å². The molecule has 154 valence electrons. The summed E-state index contributed by atoms with van der Waals surface area (Å²) in [6, 6.07) is 33.1. The number of rotatable bonds is 4. The summed E-state index contributed by atoms with van der Waals surface area (Å²) in [6.45, 7) is 0. The molecule has 0 aliphatic heterocycles. The van der Waals surface area contributed by atoms with Crippen LogP contribution in [-0.2, 0) is 0 Å². The molecular formula is C29H19FO2. The van der Waals surface area contributed by atoms with E-state index in [1.807, 2.05) is 97.1 Å². The van der Waals surface area contributed by atoms with Gasteiger partial charge in [0.1, 0.15) is 17.2 Å². The fraction of sp³-hybridized carbons (Fsp3) is 0. The lowest BCUT2D eigenvalue weighted by molar-refractivity contribution is 0.598. The molecule has 0 saturated carbocycles. The van der Waals surface area contributed by atoms with Gasteiger partial charge in [0.25, 0.3) is 0 Å². The summed E-state index contributed by atoms with van der Waals surface area (Å²) < 4.78 is 20.1. The first-order valence-corrected chi connectivity index (χ1v) is 10.3. The molecule has 32 heavy (non-hydrogen) atoms. The minimum Gasteiger partial charge on any atom is -0.455 e. The van der Waals surface area contributed by atoms with Crippen LogP contribution in [0.15, 0.2) is 118 Å². The van der Waals surface area contributed by atoms with Crippen molar-refractivity contribution in [3.63, 3.8) is 0 Å². The van der Waals surface area contributed by atoms with E-state index in [2.05, 4.69) is 0 Å². The third kappa shape index (κ3) is 3.77. The maximum Gasteiger partial charge on any atom is 0.201 e. The molecule has 1 aromatic heterocycles. The van der Waals surface area contributed by atoms with Gasteiger partial charge in [-0.15, -0.1) is 0 Å². The maximum absolute atomic E-state index is 13.9. The predicted molar refractivity (Wildman–Crippen MR) is 128 cm³/mol. The van der Waals surface area contributed by atoms with E-state index in [1.165, 1.54) is 18.2 Å². The Morgan fingerprint density at radius 2 is 1.38 bits per heavy atom. The van der Waals surface area contributed by atoms with Crippen LogP contribution < -0.4 is 5.43 Å². The van der Waals surface area contributed by atoms with Crippen molar-refractivity contribution in [2.45, 2.75) is 0 Å². The smallest absolute Gasteiger partial charge is 0.201 e. The Hall–Kier alpha value is -4.24. The van der Waals surface area contributed by atoms with Crippen LogP contribution in [0.5, 0.6) is 0 Å². The maximum atomic E-state index is 13.9. The van der Waals surface area contributed by atoms with E-state index in [-0.39, 0.29) is 11.0 Å². The molecule has 0 radical (unpaired) electrons. The van der Waals surface area contributed by atoms with Crippen molar-refractivity contribution in [3.8, 4) is 11.3 Å². The van der Waals surface area contributed by atoms with Gasteiger partial charge in [-0.25, -0.2) is 4.39 Å². The van der Waals surface area contributed by atoms with E-state index in [4.69, 9.17) is 4.42 Å². The summed E-state index contributed by atoms with van der Waals surface area (Å²) >= 11 is 0. The van der Waals surface area contributed by atoms with Gasteiger partial charge < -0.3 is 4.42 Å². The zero-order valence-corrected chi connectivity index (χ0v) is 17.2. The van der Waals surface area contributed by atoms with Crippen molar-refractivity contribution in [1.29, 1.82) is 0 Å². The highest BCUT2D eigenvalue weighted by Crippen LogP contribution is 2.34. The normalized spacial score (nSPS) is 11.6. The second kappa shape index (κ2) is 8.48. The highest BCUT2D eigenvalue weighted by Gasteiger charge is 2.21. The van der Waals surface area contributed by atoms with Crippen LogP contribution in [0.25, 0.3) is 33.9 Å². The molecule has 4 aromatic carbocycles. The van der Waals surface area contributed by atoms with Crippen LogP contribution in [0, 0.1) is 5.82 Å². The average molecular weight is 418 g/mol. The topological polar surface area (TPSA) is 30.2 Å². The Kier molecular flexibility index (Phi) is 5.22. The molecule has 2 nitrogen and oxygen atoms in total. The van der Waals surface area contributed by atoms with Crippen molar-refractivity contribution in [2.75, 3.05) is 0 Å². The van der Waals surface area contributed by atoms with Gasteiger partial charge in [0.15, 0.2) is 0 Å². The number of benzene rings is 4. The summed E-state index contributed by atoms with van der Waals surface area (Å²) in [5.74, 6) is -0.0322. The predicted octanol–water partition coefficient (Wildman–Crippen LogP) is 7.19. The molecule has 5 aromatic rings. The molecule has 1 heterocycles. The van der Waals surface area contributed by atoms with Crippen molar-refractivity contribution in [2.24, 2.45) is 0 Å². The Balaban J connectivity index is 1.90. The van der Waals surface area contributed by atoms with Crippen LogP contribution in [0.3, 0.4) is 0 Å². The quantitative estimate of drug-likeness (QED) is 0.289. The van der Waals surface area contributed by atoms with Crippen LogP contribution >= 0.6 is 0 Å². The van der Waals surface area contributed by atoms with Gasteiger partial charge in [0, 0.05) is 11.6 Å². The second-order valence-electron chi connectivity index (χ2n) is 7.48. The highest BCUT2D eigenvalue weighted by atomic mass is 19.1. The molecule has 0 aliphatic rings. The molecule has 0 spiro atoms. The van der Waals surface area contributed by atoms with E-state index < -0.39 is 5.82 Å². The van der Waals surface area contributed by atoms with Crippen LogP contribution in [-0.4, -0.2) is 0 Å². The summed E-state index contributed by atoms with van der Waals surface area (Å²) in [4.78, 5) is 13.8. The molecular weight excluding hydrogens is 399 g/mol. The molecule has 5 rings (SSSR count). The number of halogens is 1. The fourth-order valence-corrected chi connectivity index (χ4v) is 3.84. The average Bonchev–Trinajstić information content (AvgIpc) is 2.84. The first kappa shape index (κ1) is 19.7. The largest absolute Gasteiger partial charge is 0.455 e. The Labute approximate surface area is 184 Å². The SMILES string of the molecule is O=c1c(/C(=C/c2ccccc2)c2ccccc2)c(-c2ccccc2)oc2cc(F)ccc12. The van der Waals surface area contributed by atoms with Crippen molar-refractivity contribution >= 4 is 22.6 Å². The van der Waals surface area contributed by atoms with E-state index in [1.54, 1.807) is 0 Å². The lowest BCUT2D eigenvalue weighted by atomic mass is 9.91. The summed E-state index contributed by atoms with van der Waals surface area (Å²) in [5, 5.41) is 0.343. The van der Waals surface area contributed by atoms with Crippen molar-refractivity contribution in [3.05, 3.63) is 142 Å². The third-order valence-electron chi connectivity index (χ3n) is 5.36. The zero-order valence-electron chi connectivity index (χ0n) is 17.2. The summed E-state index contributed by atoms with van der Waals surface area (Å²) in [7, 11) is 0. The Morgan fingerprint density at radius 3 is 2.06 bits per heavy atom. The molecule has 0 unspecified atom stereocenters.